The molecule has 132 valence electrons. The summed E-state index contributed by atoms with van der Waals surface area (Å²) in [5, 5.41) is 5.41. The van der Waals surface area contributed by atoms with E-state index in [0.29, 0.717) is 5.69 Å². The second-order valence-corrected chi connectivity index (χ2v) is 7.66. The molecular formula is C19H21BrN2O2S. The lowest BCUT2D eigenvalue weighted by molar-refractivity contribution is -0.122. The lowest BCUT2D eigenvalue weighted by Gasteiger charge is -2.11. The van der Waals surface area contributed by atoms with E-state index in [1.54, 1.807) is 6.07 Å². The Morgan fingerprint density at radius 1 is 1.04 bits per heavy atom. The Kier molecular flexibility index (Phi) is 7.08. The Balaban J connectivity index is 1.81. The van der Waals surface area contributed by atoms with Gasteiger partial charge in [0, 0.05) is 9.37 Å². The van der Waals surface area contributed by atoms with Gasteiger partial charge in [0.05, 0.1) is 18.0 Å². The van der Waals surface area contributed by atoms with Crippen molar-refractivity contribution in [1.29, 1.82) is 0 Å². The fourth-order valence-electron chi connectivity index (χ4n) is 2.52. The summed E-state index contributed by atoms with van der Waals surface area (Å²) >= 11 is 4.87. The van der Waals surface area contributed by atoms with Crippen molar-refractivity contribution in [2.24, 2.45) is 0 Å². The van der Waals surface area contributed by atoms with Crippen LogP contribution in [0.3, 0.4) is 0 Å². The molecule has 0 atom stereocenters. The molecule has 2 rings (SSSR count). The Morgan fingerprint density at radius 3 is 2.32 bits per heavy atom. The van der Waals surface area contributed by atoms with Crippen molar-refractivity contribution in [3.8, 4) is 0 Å². The van der Waals surface area contributed by atoms with Crippen LogP contribution in [-0.2, 0) is 9.59 Å². The minimum absolute atomic E-state index is 0.0490. The molecule has 25 heavy (non-hydrogen) atoms. The second kappa shape index (κ2) is 9.06. The third kappa shape index (κ3) is 5.90. The van der Waals surface area contributed by atoms with Crippen LogP contribution in [0.5, 0.6) is 0 Å². The molecule has 2 aromatic carbocycles. The van der Waals surface area contributed by atoms with Gasteiger partial charge in [0.15, 0.2) is 0 Å². The summed E-state index contributed by atoms with van der Waals surface area (Å²) in [6.07, 6.45) is 0. The molecule has 2 N–H and O–H groups in total. The van der Waals surface area contributed by atoms with E-state index in [4.69, 9.17) is 0 Å². The first kappa shape index (κ1) is 19.5. The Hall–Kier alpha value is -1.79. The largest absolute Gasteiger partial charge is 0.346 e. The lowest BCUT2D eigenvalue weighted by Crippen LogP contribution is -2.34. The molecular weight excluding hydrogens is 400 g/mol. The molecule has 0 unspecified atom stereocenters. The number of aryl methyl sites for hydroxylation is 3. The van der Waals surface area contributed by atoms with E-state index >= 15 is 0 Å². The minimum atomic E-state index is -0.257. The molecule has 0 aromatic heterocycles. The molecule has 2 amide bonds. The maximum absolute atomic E-state index is 12.0. The van der Waals surface area contributed by atoms with Gasteiger partial charge in [-0.1, -0.05) is 29.8 Å². The van der Waals surface area contributed by atoms with Crippen molar-refractivity contribution < 1.29 is 9.59 Å². The quantitative estimate of drug-likeness (QED) is 0.687. The third-order valence-corrected chi connectivity index (χ3v) is 5.58. The highest BCUT2D eigenvalue weighted by atomic mass is 79.9. The number of amides is 2. The molecule has 0 aliphatic heterocycles. The van der Waals surface area contributed by atoms with Crippen LogP contribution in [0, 0.1) is 20.8 Å². The number of carbonyl (C=O) groups excluding carboxylic acids is 2. The van der Waals surface area contributed by atoms with Gasteiger partial charge in [0.2, 0.25) is 11.8 Å². The highest BCUT2D eigenvalue weighted by Gasteiger charge is 2.10. The summed E-state index contributed by atoms with van der Waals surface area (Å²) in [5.41, 5.74) is 4.23. The van der Waals surface area contributed by atoms with E-state index in [0.717, 1.165) is 9.37 Å². The van der Waals surface area contributed by atoms with E-state index < -0.39 is 0 Å². The standard InChI is InChI=1S/C19H21BrN2O2S/c1-12-8-13(2)19(14(3)9-12)25-11-18(24)21-10-17(23)22-16-7-5-4-6-15(16)20/h4-9H,10-11H2,1-3H3,(H,21,24)(H,22,23). The average Bonchev–Trinajstić information content (AvgIpc) is 2.54. The third-order valence-electron chi connectivity index (χ3n) is 3.55. The zero-order valence-corrected chi connectivity index (χ0v) is 16.9. The summed E-state index contributed by atoms with van der Waals surface area (Å²) in [6.45, 7) is 6.11. The smallest absolute Gasteiger partial charge is 0.243 e. The van der Waals surface area contributed by atoms with Crippen molar-refractivity contribution in [3.63, 3.8) is 0 Å². The number of anilines is 1. The van der Waals surface area contributed by atoms with Gasteiger partial charge in [0.1, 0.15) is 0 Å². The summed E-state index contributed by atoms with van der Waals surface area (Å²) < 4.78 is 0.801. The Bertz CT molecular complexity index is 770. The molecule has 4 nitrogen and oxygen atoms in total. The average molecular weight is 421 g/mol. The van der Waals surface area contributed by atoms with Gasteiger partial charge < -0.3 is 10.6 Å². The number of benzene rings is 2. The topological polar surface area (TPSA) is 58.2 Å². The van der Waals surface area contributed by atoms with Gasteiger partial charge in [-0.15, -0.1) is 11.8 Å². The fourth-order valence-corrected chi connectivity index (χ4v) is 3.85. The first-order chi connectivity index (χ1) is 11.9. The highest BCUT2D eigenvalue weighted by Crippen LogP contribution is 2.27. The van der Waals surface area contributed by atoms with Crippen LogP contribution >= 0.6 is 27.7 Å². The minimum Gasteiger partial charge on any atom is -0.346 e. The molecule has 0 radical (unpaired) electrons. The number of thioether (sulfide) groups is 1. The number of nitrogens with one attached hydrogen (secondary N) is 2. The molecule has 0 saturated heterocycles. The molecule has 0 heterocycles. The molecule has 0 bridgehead atoms. The van der Waals surface area contributed by atoms with Crippen molar-refractivity contribution in [3.05, 3.63) is 57.6 Å². The van der Waals surface area contributed by atoms with Gasteiger partial charge in [0.25, 0.3) is 0 Å². The predicted octanol–water partition coefficient (Wildman–Crippen LogP) is 4.22. The number of rotatable bonds is 6. The maximum atomic E-state index is 12.0. The first-order valence-electron chi connectivity index (χ1n) is 7.88. The van der Waals surface area contributed by atoms with Gasteiger partial charge in [-0.2, -0.15) is 0 Å². The molecule has 0 aliphatic rings. The molecule has 2 aromatic rings. The number of hydrogen-bond acceptors (Lipinski definition) is 3. The molecule has 0 fully saturated rings. The fraction of sp³-hybridized carbons (Fsp3) is 0.263. The van der Waals surface area contributed by atoms with Crippen LogP contribution in [0.1, 0.15) is 16.7 Å². The van der Waals surface area contributed by atoms with Crippen molar-refractivity contribution in [2.75, 3.05) is 17.6 Å². The molecule has 0 spiro atoms. The van der Waals surface area contributed by atoms with Crippen molar-refractivity contribution >= 4 is 45.2 Å². The zero-order valence-electron chi connectivity index (χ0n) is 14.5. The normalized spacial score (nSPS) is 10.4. The zero-order chi connectivity index (χ0) is 18.4. The highest BCUT2D eigenvalue weighted by molar-refractivity contribution is 9.10. The predicted molar refractivity (Wildman–Crippen MR) is 107 cm³/mol. The summed E-state index contributed by atoms with van der Waals surface area (Å²) in [6, 6.07) is 11.6. The van der Waals surface area contributed by atoms with Gasteiger partial charge in [-0.3, -0.25) is 9.59 Å². The maximum Gasteiger partial charge on any atom is 0.243 e. The Labute approximate surface area is 160 Å². The van der Waals surface area contributed by atoms with Crippen LogP contribution < -0.4 is 10.6 Å². The van der Waals surface area contributed by atoms with E-state index in [9.17, 15) is 9.59 Å². The summed E-state index contributed by atoms with van der Waals surface area (Å²) in [7, 11) is 0. The van der Waals surface area contributed by atoms with Gasteiger partial charge in [-0.05, 0) is 60.0 Å². The van der Waals surface area contributed by atoms with Crippen molar-refractivity contribution in [1.82, 2.24) is 5.32 Å². The van der Waals surface area contributed by atoms with Crippen LogP contribution in [0.4, 0.5) is 5.69 Å². The number of carbonyl (C=O) groups is 2. The van der Waals surface area contributed by atoms with Crippen LogP contribution in [0.25, 0.3) is 0 Å². The number of halogens is 1. The molecule has 0 saturated carbocycles. The van der Waals surface area contributed by atoms with Gasteiger partial charge in [-0.25, -0.2) is 0 Å². The lowest BCUT2D eigenvalue weighted by atomic mass is 10.1. The summed E-state index contributed by atoms with van der Waals surface area (Å²) in [5.74, 6) is -0.132. The van der Waals surface area contributed by atoms with E-state index in [2.05, 4.69) is 45.6 Å². The SMILES string of the molecule is Cc1cc(C)c(SCC(=O)NCC(=O)Nc2ccccc2Br)c(C)c1. The molecule has 6 heteroatoms. The van der Waals surface area contributed by atoms with Crippen molar-refractivity contribution in [2.45, 2.75) is 25.7 Å². The summed E-state index contributed by atoms with van der Waals surface area (Å²) in [4.78, 5) is 25.1. The Morgan fingerprint density at radius 2 is 1.68 bits per heavy atom. The van der Waals surface area contributed by atoms with E-state index in [1.807, 2.05) is 32.0 Å². The van der Waals surface area contributed by atoms with E-state index in [-0.39, 0.29) is 24.1 Å². The van der Waals surface area contributed by atoms with Crippen LogP contribution in [0.2, 0.25) is 0 Å². The first-order valence-corrected chi connectivity index (χ1v) is 9.66. The van der Waals surface area contributed by atoms with E-state index in [1.165, 1.54) is 28.5 Å². The monoisotopic (exact) mass is 420 g/mol. The second-order valence-electron chi connectivity index (χ2n) is 5.82. The number of hydrogen-bond donors (Lipinski definition) is 2. The molecule has 0 aliphatic carbocycles. The van der Waals surface area contributed by atoms with Gasteiger partial charge >= 0.3 is 0 Å². The van der Waals surface area contributed by atoms with Crippen LogP contribution in [0.15, 0.2) is 45.8 Å². The van der Waals surface area contributed by atoms with Crippen LogP contribution in [-0.4, -0.2) is 24.1 Å². The number of para-hydroxylation sites is 1.